The Kier molecular flexibility index (Phi) is 4.54. The van der Waals surface area contributed by atoms with Gasteiger partial charge in [-0.25, -0.2) is 9.67 Å². The zero-order chi connectivity index (χ0) is 19.9. The molecule has 0 bridgehead atoms. The molecule has 0 atom stereocenters. The van der Waals surface area contributed by atoms with Crippen LogP contribution in [0.5, 0.6) is 0 Å². The van der Waals surface area contributed by atoms with E-state index in [-0.39, 0.29) is 16.7 Å². The quantitative estimate of drug-likeness (QED) is 0.548. The summed E-state index contributed by atoms with van der Waals surface area (Å²) in [5.74, 6) is 0. The standard InChI is InChI=1S/C19H15F3N4OS/c1-11-17-13(19(20,21)22)9-15(27)24-18(17)26(25-11)8-7-16-23-14(10-28-16)12-5-3-2-4-6-12/h2-6,9-10H,7-8H2,1H3,(H,24,27). The smallest absolute Gasteiger partial charge is 0.307 e. The third-order valence-corrected chi connectivity index (χ3v) is 5.29. The number of nitrogens with one attached hydrogen (secondary N) is 1. The predicted molar refractivity (Wildman–Crippen MR) is 101 cm³/mol. The lowest BCUT2D eigenvalue weighted by Crippen LogP contribution is -2.15. The molecule has 3 aromatic heterocycles. The van der Waals surface area contributed by atoms with Gasteiger partial charge in [-0.05, 0) is 6.92 Å². The highest BCUT2D eigenvalue weighted by Crippen LogP contribution is 2.34. The number of aryl methyl sites for hydroxylation is 3. The molecule has 0 saturated carbocycles. The van der Waals surface area contributed by atoms with Crippen molar-refractivity contribution < 1.29 is 13.2 Å². The topological polar surface area (TPSA) is 63.6 Å². The number of pyridine rings is 1. The van der Waals surface area contributed by atoms with Gasteiger partial charge in [-0.15, -0.1) is 11.3 Å². The van der Waals surface area contributed by atoms with Gasteiger partial charge < -0.3 is 4.98 Å². The molecule has 5 nitrogen and oxygen atoms in total. The summed E-state index contributed by atoms with van der Waals surface area (Å²) in [6, 6.07) is 10.3. The zero-order valence-corrected chi connectivity index (χ0v) is 15.6. The molecule has 0 radical (unpaired) electrons. The first-order chi connectivity index (χ1) is 13.3. The van der Waals surface area contributed by atoms with Crippen LogP contribution in [0.3, 0.4) is 0 Å². The Hall–Kier alpha value is -2.94. The van der Waals surface area contributed by atoms with E-state index in [1.54, 1.807) is 0 Å². The molecule has 0 unspecified atom stereocenters. The summed E-state index contributed by atoms with van der Waals surface area (Å²) in [4.78, 5) is 18.8. The van der Waals surface area contributed by atoms with Crippen LogP contribution in [0.4, 0.5) is 13.2 Å². The Morgan fingerprint density at radius 2 is 1.96 bits per heavy atom. The monoisotopic (exact) mass is 404 g/mol. The van der Waals surface area contributed by atoms with E-state index in [2.05, 4.69) is 15.1 Å². The average Bonchev–Trinajstić information content (AvgIpc) is 3.24. The molecule has 3 heterocycles. The van der Waals surface area contributed by atoms with Crippen LogP contribution in [-0.2, 0) is 19.1 Å². The van der Waals surface area contributed by atoms with Crippen molar-refractivity contribution in [2.24, 2.45) is 0 Å². The summed E-state index contributed by atoms with van der Waals surface area (Å²) in [5.41, 5.74) is 0.399. The molecule has 4 aromatic rings. The van der Waals surface area contributed by atoms with Gasteiger partial charge in [-0.3, -0.25) is 4.79 Å². The first kappa shape index (κ1) is 18.4. The summed E-state index contributed by atoms with van der Waals surface area (Å²) in [7, 11) is 0. The van der Waals surface area contributed by atoms with Gasteiger partial charge in [0.15, 0.2) is 0 Å². The molecule has 0 aliphatic heterocycles. The maximum Gasteiger partial charge on any atom is 0.417 e. The molecule has 0 aliphatic carbocycles. The van der Waals surface area contributed by atoms with E-state index in [1.807, 2.05) is 35.7 Å². The fourth-order valence-electron chi connectivity index (χ4n) is 3.14. The van der Waals surface area contributed by atoms with Gasteiger partial charge in [0.2, 0.25) is 5.56 Å². The molecule has 0 saturated heterocycles. The van der Waals surface area contributed by atoms with Gasteiger partial charge in [0, 0.05) is 30.0 Å². The molecular formula is C19H15F3N4OS. The number of halogens is 3. The van der Waals surface area contributed by atoms with Crippen molar-refractivity contribution in [1.29, 1.82) is 0 Å². The number of hydrogen-bond donors (Lipinski definition) is 1. The van der Waals surface area contributed by atoms with Crippen molar-refractivity contribution in [1.82, 2.24) is 19.7 Å². The Balaban J connectivity index is 1.64. The number of thiazole rings is 1. The highest BCUT2D eigenvalue weighted by atomic mass is 32.1. The van der Waals surface area contributed by atoms with Crippen molar-refractivity contribution >= 4 is 22.4 Å². The van der Waals surface area contributed by atoms with Crippen LogP contribution in [-0.4, -0.2) is 19.7 Å². The first-order valence-corrected chi connectivity index (χ1v) is 9.38. The van der Waals surface area contributed by atoms with Crippen LogP contribution in [0.25, 0.3) is 22.3 Å². The molecule has 0 aliphatic rings. The molecular weight excluding hydrogens is 389 g/mol. The van der Waals surface area contributed by atoms with E-state index in [0.717, 1.165) is 16.3 Å². The maximum absolute atomic E-state index is 13.3. The third kappa shape index (κ3) is 3.45. The number of rotatable bonds is 4. The lowest BCUT2D eigenvalue weighted by molar-refractivity contribution is -0.136. The maximum atomic E-state index is 13.3. The largest absolute Gasteiger partial charge is 0.417 e. The fraction of sp³-hybridized carbons (Fsp3) is 0.211. The predicted octanol–water partition coefficient (Wildman–Crippen LogP) is 4.42. The van der Waals surface area contributed by atoms with E-state index in [1.165, 1.54) is 22.9 Å². The Morgan fingerprint density at radius 3 is 2.68 bits per heavy atom. The molecule has 0 spiro atoms. The fourth-order valence-corrected chi connectivity index (χ4v) is 3.94. The zero-order valence-electron chi connectivity index (χ0n) is 14.7. The van der Waals surface area contributed by atoms with Crippen LogP contribution in [0.1, 0.15) is 16.3 Å². The molecule has 1 aromatic carbocycles. The number of aromatic nitrogens is 4. The summed E-state index contributed by atoms with van der Waals surface area (Å²) in [5, 5.41) is 6.92. The molecule has 0 amide bonds. The minimum atomic E-state index is -4.62. The van der Waals surface area contributed by atoms with Crippen molar-refractivity contribution in [3.05, 3.63) is 68.4 Å². The summed E-state index contributed by atoms with van der Waals surface area (Å²) in [6.07, 6.45) is -4.13. The third-order valence-electron chi connectivity index (χ3n) is 4.38. The van der Waals surface area contributed by atoms with E-state index < -0.39 is 17.3 Å². The number of alkyl halides is 3. The molecule has 1 N–H and O–H groups in total. The number of fused-ring (bicyclic) bond motifs is 1. The van der Waals surface area contributed by atoms with Crippen molar-refractivity contribution in [2.45, 2.75) is 26.1 Å². The molecule has 144 valence electrons. The Bertz CT molecular complexity index is 1190. The average molecular weight is 404 g/mol. The van der Waals surface area contributed by atoms with E-state index in [0.29, 0.717) is 19.0 Å². The first-order valence-electron chi connectivity index (χ1n) is 8.50. The Labute approximate surface area is 161 Å². The summed E-state index contributed by atoms with van der Waals surface area (Å²) < 4.78 is 41.3. The lowest BCUT2D eigenvalue weighted by Gasteiger charge is -2.08. The number of nitrogens with zero attached hydrogens (tertiary/aromatic N) is 3. The SMILES string of the molecule is Cc1nn(CCc2nc(-c3ccccc3)cs2)c2[nH]c(=O)cc(C(F)(F)F)c12. The molecule has 9 heteroatoms. The van der Waals surface area contributed by atoms with Gasteiger partial charge in [-0.2, -0.15) is 18.3 Å². The van der Waals surface area contributed by atoms with Crippen LogP contribution in [0, 0.1) is 6.92 Å². The summed E-state index contributed by atoms with van der Waals surface area (Å²) >= 11 is 1.48. The Morgan fingerprint density at radius 1 is 1.21 bits per heavy atom. The van der Waals surface area contributed by atoms with Gasteiger partial charge >= 0.3 is 6.18 Å². The van der Waals surface area contributed by atoms with Crippen LogP contribution < -0.4 is 5.56 Å². The number of benzene rings is 1. The van der Waals surface area contributed by atoms with E-state index in [4.69, 9.17) is 0 Å². The molecule has 28 heavy (non-hydrogen) atoms. The number of hydrogen-bond acceptors (Lipinski definition) is 4. The van der Waals surface area contributed by atoms with Gasteiger partial charge in [0.05, 0.1) is 27.3 Å². The van der Waals surface area contributed by atoms with Gasteiger partial charge in [0.1, 0.15) is 5.65 Å². The van der Waals surface area contributed by atoms with E-state index >= 15 is 0 Å². The second-order valence-corrected chi connectivity index (χ2v) is 7.26. The minimum Gasteiger partial charge on any atom is -0.307 e. The van der Waals surface area contributed by atoms with Crippen molar-refractivity contribution in [3.63, 3.8) is 0 Å². The van der Waals surface area contributed by atoms with E-state index in [9.17, 15) is 18.0 Å². The van der Waals surface area contributed by atoms with Crippen LogP contribution in [0.15, 0.2) is 46.6 Å². The second kappa shape index (κ2) is 6.90. The molecule has 4 rings (SSSR count). The number of aromatic amines is 1. The molecule has 0 fully saturated rings. The second-order valence-electron chi connectivity index (χ2n) is 6.32. The highest BCUT2D eigenvalue weighted by molar-refractivity contribution is 7.09. The van der Waals surface area contributed by atoms with Crippen molar-refractivity contribution in [3.8, 4) is 11.3 Å². The lowest BCUT2D eigenvalue weighted by atomic mass is 10.1. The van der Waals surface area contributed by atoms with Crippen LogP contribution in [0.2, 0.25) is 0 Å². The van der Waals surface area contributed by atoms with Crippen LogP contribution >= 0.6 is 11.3 Å². The van der Waals surface area contributed by atoms with Gasteiger partial charge in [0.25, 0.3) is 0 Å². The van der Waals surface area contributed by atoms with Crippen molar-refractivity contribution in [2.75, 3.05) is 0 Å². The summed E-state index contributed by atoms with van der Waals surface area (Å²) in [6.45, 7) is 1.81. The highest BCUT2D eigenvalue weighted by Gasteiger charge is 2.35. The normalized spacial score (nSPS) is 12.0. The number of H-pyrrole nitrogens is 1. The van der Waals surface area contributed by atoms with Gasteiger partial charge in [-0.1, -0.05) is 30.3 Å². The minimum absolute atomic E-state index is 0.0730.